The summed E-state index contributed by atoms with van der Waals surface area (Å²) in [7, 11) is 0. The van der Waals surface area contributed by atoms with Crippen molar-refractivity contribution in [2.75, 3.05) is 5.73 Å². The van der Waals surface area contributed by atoms with E-state index in [4.69, 9.17) is 10.5 Å². The molecule has 134 valence electrons. The van der Waals surface area contributed by atoms with Crippen LogP contribution in [0.15, 0.2) is 72.9 Å². The van der Waals surface area contributed by atoms with Gasteiger partial charge in [0.2, 0.25) is 0 Å². The monoisotopic (exact) mass is 374 g/mol. The standard InChI is InChI=1S/C21H18N4OS/c22-20-18(7-4-12-23-20)21-25-24-19(27-21)13-15-8-10-17(11-9-15)26-14-16-5-2-1-3-6-16/h1-12H,13-14H2,(H2,22,23). The van der Waals surface area contributed by atoms with Crippen molar-refractivity contribution in [3.63, 3.8) is 0 Å². The maximum Gasteiger partial charge on any atom is 0.151 e. The molecule has 0 fully saturated rings. The molecule has 0 bridgehead atoms. The van der Waals surface area contributed by atoms with Gasteiger partial charge in [-0.25, -0.2) is 4.98 Å². The van der Waals surface area contributed by atoms with Crippen molar-refractivity contribution < 1.29 is 4.74 Å². The first-order valence-corrected chi connectivity index (χ1v) is 9.38. The Labute approximate surface area is 161 Å². The van der Waals surface area contributed by atoms with Gasteiger partial charge in [-0.2, -0.15) is 0 Å². The Morgan fingerprint density at radius 1 is 0.852 bits per heavy atom. The molecular formula is C21H18N4OS. The molecule has 5 nitrogen and oxygen atoms in total. The van der Waals surface area contributed by atoms with Crippen molar-refractivity contribution in [3.05, 3.63) is 89.1 Å². The first-order valence-electron chi connectivity index (χ1n) is 8.57. The maximum atomic E-state index is 5.92. The summed E-state index contributed by atoms with van der Waals surface area (Å²) in [5.41, 5.74) is 9.05. The molecule has 0 aliphatic rings. The van der Waals surface area contributed by atoms with Crippen molar-refractivity contribution >= 4 is 17.2 Å². The second-order valence-corrected chi connectivity index (χ2v) is 7.09. The van der Waals surface area contributed by atoms with Crippen LogP contribution in [0.5, 0.6) is 5.75 Å². The Kier molecular flexibility index (Phi) is 5.07. The van der Waals surface area contributed by atoms with Gasteiger partial charge in [-0.3, -0.25) is 0 Å². The molecule has 0 atom stereocenters. The zero-order valence-electron chi connectivity index (χ0n) is 14.6. The summed E-state index contributed by atoms with van der Waals surface area (Å²) >= 11 is 1.53. The summed E-state index contributed by atoms with van der Waals surface area (Å²) < 4.78 is 5.83. The van der Waals surface area contributed by atoms with Crippen LogP contribution in [0.25, 0.3) is 10.6 Å². The molecule has 0 aliphatic carbocycles. The number of aromatic nitrogens is 3. The summed E-state index contributed by atoms with van der Waals surface area (Å²) in [6, 6.07) is 22.0. The minimum atomic E-state index is 0.472. The number of hydrogen-bond acceptors (Lipinski definition) is 6. The minimum Gasteiger partial charge on any atom is -0.489 e. The van der Waals surface area contributed by atoms with E-state index in [0.29, 0.717) is 12.4 Å². The van der Waals surface area contributed by atoms with E-state index in [2.05, 4.69) is 39.4 Å². The molecule has 27 heavy (non-hydrogen) atoms. The molecule has 0 spiro atoms. The molecule has 2 heterocycles. The topological polar surface area (TPSA) is 73.9 Å². The molecule has 0 aliphatic heterocycles. The summed E-state index contributed by atoms with van der Waals surface area (Å²) in [6.07, 6.45) is 2.39. The van der Waals surface area contributed by atoms with Crippen LogP contribution in [0.3, 0.4) is 0 Å². The number of benzene rings is 2. The van der Waals surface area contributed by atoms with E-state index >= 15 is 0 Å². The fourth-order valence-corrected chi connectivity index (χ4v) is 3.56. The first-order chi connectivity index (χ1) is 13.3. The fourth-order valence-electron chi connectivity index (χ4n) is 2.65. The van der Waals surface area contributed by atoms with Gasteiger partial charge in [0.05, 0.1) is 5.56 Å². The lowest BCUT2D eigenvalue weighted by atomic mass is 10.1. The highest BCUT2D eigenvalue weighted by molar-refractivity contribution is 7.14. The molecule has 4 rings (SSSR count). The Hall–Kier alpha value is -3.25. The van der Waals surface area contributed by atoms with Crippen molar-refractivity contribution in [2.45, 2.75) is 13.0 Å². The molecule has 6 heteroatoms. The van der Waals surface area contributed by atoms with Crippen LogP contribution >= 0.6 is 11.3 Å². The number of rotatable bonds is 6. The van der Waals surface area contributed by atoms with Gasteiger partial charge in [0.15, 0.2) is 5.01 Å². The predicted molar refractivity (Wildman–Crippen MR) is 108 cm³/mol. The largest absolute Gasteiger partial charge is 0.489 e. The van der Waals surface area contributed by atoms with Crippen LogP contribution in [0.4, 0.5) is 5.82 Å². The third-order valence-electron chi connectivity index (χ3n) is 4.06. The molecule has 2 aromatic heterocycles. The average Bonchev–Trinajstić information content (AvgIpc) is 3.17. The van der Waals surface area contributed by atoms with E-state index in [-0.39, 0.29) is 0 Å². The van der Waals surface area contributed by atoms with Crippen LogP contribution in [0.1, 0.15) is 16.1 Å². The number of hydrogen-bond donors (Lipinski definition) is 1. The number of nitrogens with zero attached hydrogens (tertiary/aromatic N) is 3. The third kappa shape index (κ3) is 4.30. The quantitative estimate of drug-likeness (QED) is 0.543. The van der Waals surface area contributed by atoms with Crippen molar-refractivity contribution in [1.82, 2.24) is 15.2 Å². The highest BCUT2D eigenvalue weighted by atomic mass is 32.1. The highest BCUT2D eigenvalue weighted by Crippen LogP contribution is 2.28. The Morgan fingerprint density at radius 3 is 2.44 bits per heavy atom. The van der Waals surface area contributed by atoms with Gasteiger partial charge in [-0.1, -0.05) is 53.8 Å². The van der Waals surface area contributed by atoms with Gasteiger partial charge >= 0.3 is 0 Å². The Bertz CT molecular complexity index is 1020. The smallest absolute Gasteiger partial charge is 0.151 e. The summed E-state index contributed by atoms with van der Waals surface area (Å²) in [4.78, 5) is 4.10. The van der Waals surface area contributed by atoms with Crippen LogP contribution < -0.4 is 10.5 Å². The maximum absolute atomic E-state index is 5.92. The molecular weight excluding hydrogens is 356 g/mol. The van der Waals surface area contributed by atoms with Crippen LogP contribution in [-0.2, 0) is 13.0 Å². The van der Waals surface area contributed by atoms with Gasteiger partial charge < -0.3 is 10.5 Å². The van der Waals surface area contributed by atoms with Gasteiger partial charge in [-0.05, 0) is 35.4 Å². The molecule has 2 aromatic carbocycles. The lowest BCUT2D eigenvalue weighted by Crippen LogP contribution is -1.95. The van der Waals surface area contributed by atoms with Crippen LogP contribution in [0.2, 0.25) is 0 Å². The Morgan fingerprint density at radius 2 is 1.67 bits per heavy atom. The molecule has 0 saturated carbocycles. The van der Waals surface area contributed by atoms with Crippen molar-refractivity contribution in [1.29, 1.82) is 0 Å². The number of anilines is 1. The molecule has 0 radical (unpaired) electrons. The van der Waals surface area contributed by atoms with Crippen molar-refractivity contribution in [3.8, 4) is 16.3 Å². The van der Waals surface area contributed by atoms with E-state index < -0.39 is 0 Å². The number of ether oxygens (including phenoxy) is 1. The average molecular weight is 374 g/mol. The number of nitrogens with two attached hydrogens (primary N) is 1. The molecule has 0 saturated heterocycles. The van der Waals surface area contributed by atoms with Crippen LogP contribution in [0, 0.1) is 0 Å². The molecule has 4 aromatic rings. The molecule has 0 unspecified atom stereocenters. The predicted octanol–water partition coefficient (Wildman–Crippen LogP) is 4.35. The lowest BCUT2D eigenvalue weighted by Gasteiger charge is -2.07. The van der Waals surface area contributed by atoms with Crippen LogP contribution in [-0.4, -0.2) is 15.2 Å². The van der Waals surface area contributed by atoms with E-state index in [1.807, 2.05) is 42.5 Å². The molecule has 0 amide bonds. The summed E-state index contributed by atoms with van der Waals surface area (Å²) in [5.74, 6) is 1.32. The lowest BCUT2D eigenvalue weighted by molar-refractivity contribution is 0.306. The van der Waals surface area contributed by atoms with E-state index in [0.717, 1.165) is 38.9 Å². The number of pyridine rings is 1. The third-order valence-corrected chi connectivity index (χ3v) is 5.02. The van der Waals surface area contributed by atoms with Gasteiger partial charge in [0, 0.05) is 12.6 Å². The second kappa shape index (κ2) is 7.97. The molecule has 2 N–H and O–H groups in total. The highest BCUT2D eigenvalue weighted by Gasteiger charge is 2.10. The zero-order chi connectivity index (χ0) is 18.5. The van der Waals surface area contributed by atoms with Gasteiger partial charge in [-0.15, -0.1) is 10.2 Å². The zero-order valence-corrected chi connectivity index (χ0v) is 15.4. The number of nitrogen functional groups attached to an aromatic ring is 1. The van der Waals surface area contributed by atoms with E-state index in [1.54, 1.807) is 6.20 Å². The SMILES string of the molecule is Nc1ncccc1-c1nnc(Cc2ccc(OCc3ccccc3)cc2)s1. The van der Waals surface area contributed by atoms with E-state index in [9.17, 15) is 0 Å². The summed E-state index contributed by atoms with van der Waals surface area (Å²) in [5, 5.41) is 10.3. The van der Waals surface area contributed by atoms with Gasteiger partial charge in [0.25, 0.3) is 0 Å². The Balaban J connectivity index is 1.39. The fraction of sp³-hybridized carbons (Fsp3) is 0.0952. The minimum absolute atomic E-state index is 0.472. The van der Waals surface area contributed by atoms with Crippen molar-refractivity contribution in [2.24, 2.45) is 0 Å². The van der Waals surface area contributed by atoms with E-state index in [1.165, 1.54) is 11.3 Å². The first kappa shape index (κ1) is 17.2. The second-order valence-electron chi connectivity index (χ2n) is 6.03. The van der Waals surface area contributed by atoms with Gasteiger partial charge in [0.1, 0.15) is 23.2 Å². The normalized spacial score (nSPS) is 10.7. The summed E-state index contributed by atoms with van der Waals surface area (Å²) in [6.45, 7) is 0.562.